The Labute approximate surface area is 144 Å². The normalized spacial score (nSPS) is 14.7. The van der Waals surface area contributed by atoms with E-state index < -0.39 is 0 Å². The van der Waals surface area contributed by atoms with Gasteiger partial charge < -0.3 is 9.64 Å². The SMILES string of the molecule is CCOC(=O)CN(CCC(=O)N1CCCCC1)Cc1ccccc1. The molecule has 0 spiro atoms. The number of rotatable bonds is 8. The van der Waals surface area contributed by atoms with Gasteiger partial charge in [-0.2, -0.15) is 0 Å². The summed E-state index contributed by atoms with van der Waals surface area (Å²) in [6.45, 7) is 5.36. The van der Waals surface area contributed by atoms with Crippen molar-refractivity contribution in [2.45, 2.75) is 39.2 Å². The predicted molar refractivity (Wildman–Crippen MR) is 93.4 cm³/mol. The molecule has 132 valence electrons. The van der Waals surface area contributed by atoms with E-state index >= 15 is 0 Å². The van der Waals surface area contributed by atoms with Crippen molar-refractivity contribution < 1.29 is 14.3 Å². The first-order valence-corrected chi connectivity index (χ1v) is 8.88. The number of likely N-dealkylation sites (tertiary alicyclic amines) is 1. The molecular weight excluding hydrogens is 304 g/mol. The molecule has 5 nitrogen and oxygen atoms in total. The zero-order chi connectivity index (χ0) is 17.2. The molecule has 24 heavy (non-hydrogen) atoms. The Balaban J connectivity index is 1.89. The maximum Gasteiger partial charge on any atom is 0.320 e. The molecule has 1 aromatic rings. The number of piperidine rings is 1. The highest BCUT2D eigenvalue weighted by molar-refractivity contribution is 5.76. The first-order valence-electron chi connectivity index (χ1n) is 8.88. The first kappa shape index (κ1) is 18.5. The van der Waals surface area contributed by atoms with Gasteiger partial charge in [-0.1, -0.05) is 30.3 Å². The Morgan fingerprint density at radius 3 is 2.50 bits per heavy atom. The molecule has 0 radical (unpaired) electrons. The van der Waals surface area contributed by atoms with Crippen molar-refractivity contribution >= 4 is 11.9 Å². The van der Waals surface area contributed by atoms with E-state index in [0.29, 0.717) is 26.1 Å². The molecule has 1 fully saturated rings. The molecule has 1 heterocycles. The third-order valence-electron chi connectivity index (χ3n) is 4.26. The standard InChI is InChI=1S/C19H28N2O3/c1-2-24-19(23)16-20(15-17-9-5-3-6-10-17)14-11-18(22)21-12-7-4-8-13-21/h3,5-6,9-10H,2,4,7-8,11-16H2,1H3. The van der Waals surface area contributed by atoms with Crippen LogP contribution in [-0.2, 0) is 20.9 Å². The summed E-state index contributed by atoms with van der Waals surface area (Å²) in [4.78, 5) is 28.1. The number of amides is 1. The monoisotopic (exact) mass is 332 g/mol. The molecule has 0 N–H and O–H groups in total. The molecule has 0 bridgehead atoms. The van der Waals surface area contributed by atoms with Crippen molar-refractivity contribution in [3.05, 3.63) is 35.9 Å². The van der Waals surface area contributed by atoms with Gasteiger partial charge >= 0.3 is 5.97 Å². The van der Waals surface area contributed by atoms with E-state index in [0.717, 1.165) is 31.5 Å². The number of nitrogens with zero attached hydrogens (tertiary/aromatic N) is 2. The van der Waals surface area contributed by atoms with E-state index in [1.807, 2.05) is 40.1 Å². The minimum atomic E-state index is -0.237. The molecule has 2 rings (SSSR count). The number of hydrogen-bond donors (Lipinski definition) is 0. The topological polar surface area (TPSA) is 49.9 Å². The Morgan fingerprint density at radius 2 is 1.83 bits per heavy atom. The molecule has 1 saturated heterocycles. The number of carbonyl (C=O) groups is 2. The predicted octanol–water partition coefficient (Wildman–Crippen LogP) is 2.45. The molecule has 0 aromatic heterocycles. The minimum Gasteiger partial charge on any atom is -0.465 e. The molecule has 0 saturated carbocycles. The van der Waals surface area contributed by atoms with Crippen LogP contribution in [0.5, 0.6) is 0 Å². The lowest BCUT2D eigenvalue weighted by molar-refractivity contribution is -0.145. The molecule has 5 heteroatoms. The zero-order valence-electron chi connectivity index (χ0n) is 14.6. The fourth-order valence-electron chi connectivity index (χ4n) is 3.00. The second-order valence-electron chi connectivity index (χ2n) is 6.19. The van der Waals surface area contributed by atoms with Crippen molar-refractivity contribution in [2.75, 3.05) is 32.8 Å². The van der Waals surface area contributed by atoms with Gasteiger partial charge in [-0.3, -0.25) is 14.5 Å². The van der Waals surface area contributed by atoms with Crippen LogP contribution in [0, 0.1) is 0 Å². The van der Waals surface area contributed by atoms with E-state index in [4.69, 9.17) is 4.74 Å². The summed E-state index contributed by atoms with van der Waals surface area (Å²) in [5, 5.41) is 0. The van der Waals surface area contributed by atoms with Crippen LogP contribution in [0.3, 0.4) is 0 Å². The maximum atomic E-state index is 12.3. The number of hydrogen-bond acceptors (Lipinski definition) is 4. The van der Waals surface area contributed by atoms with Crippen LogP contribution in [0.15, 0.2) is 30.3 Å². The van der Waals surface area contributed by atoms with Crippen LogP contribution in [0.2, 0.25) is 0 Å². The van der Waals surface area contributed by atoms with Gasteiger partial charge in [-0.25, -0.2) is 0 Å². The lowest BCUT2D eigenvalue weighted by Gasteiger charge is -2.28. The fraction of sp³-hybridized carbons (Fsp3) is 0.579. The van der Waals surface area contributed by atoms with Crippen LogP contribution in [0.25, 0.3) is 0 Å². The van der Waals surface area contributed by atoms with Crippen LogP contribution in [-0.4, -0.2) is 54.5 Å². The Hall–Kier alpha value is -1.88. The molecular formula is C19H28N2O3. The fourth-order valence-corrected chi connectivity index (χ4v) is 3.00. The average Bonchev–Trinajstić information content (AvgIpc) is 2.61. The minimum absolute atomic E-state index is 0.191. The van der Waals surface area contributed by atoms with Gasteiger partial charge in [0.05, 0.1) is 13.2 Å². The van der Waals surface area contributed by atoms with Crippen molar-refractivity contribution in [1.29, 1.82) is 0 Å². The smallest absolute Gasteiger partial charge is 0.320 e. The van der Waals surface area contributed by atoms with Gasteiger partial charge in [-0.05, 0) is 31.7 Å². The number of benzene rings is 1. The van der Waals surface area contributed by atoms with Gasteiger partial charge in [0.2, 0.25) is 5.91 Å². The summed E-state index contributed by atoms with van der Waals surface area (Å²) >= 11 is 0. The molecule has 1 aromatic carbocycles. The van der Waals surface area contributed by atoms with Gasteiger partial charge in [0.1, 0.15) is 0 Å². The first-order chi connectivity index (χ1) is 11.7. The van der Waals surface area contributed by atoms with Gasteiger partial charge in [0.15, 0.2) is 0 Å². The van der Waals surface area contributed by atoms with Gasteiger partial charge in [0, 0.05) is 32.6 Å². The highest BCUT2D eigenvalue weighted by Crippen LogP contribution is 2.11. The number of ether oxygens (including phenoxy) is 1. The summed E-state index contributed by atoms with van der Waals surface area (Å²) in [7, 11) is 0. The van der Waals surface area contributed by atoms with Crippen molar-refractivity contribution in [3.8, 4) is 0 Å². The van der Waals surface area contributed by atoms with E-state index in [1.165, 1.54) is 6.42 Å². The highest BCUT2D eigenvalue weighted by Gasteiger charge is 2.19. The highest BCUT2D eigenvalue weighted by atomic mass is 16.5. The molecule has 0 unspecified atom stereocenters. The largest absolute Gasteiger partial charge is 0.465 e. The Bertz CT molecular complexity index is 513. The third-order valence-corrected chi connectivity index (χ3v) is 4.26. The molecule has 1 aliphatic heterocycles. The molecule has 0 aliphatic carbocycles. The van der Waals surface area contributed by atoms with Gasteiger partial charge in [-0.15, -0.1) is 0 Å². The number of carbonyl (C=O) groups excluding carboxylic acids is 2. The van der Waals surface area contributed by atoms with E-state index in [1.54, 1.807) is 6.92 Å². The van der Waals surface area contributed by atoms with Crippen molar-refractivity contribution in [2.24, 2.45) is 0 Å². The zero-order valence-corrected chi connectivity index (χ0v) is 14.6. The van der Waals surface area contributed by atoms with E-state index in [-0.39, 0.29) is 18.4 Å². The Kier molecular flexibility index (Phi) is 7.75. The van der Waals surface area contributed by atoms with E-state index in [9.17, 15) is 9.59 Å². The maximum absolute atomic E-state index is 12.3. The lowest BCUT2D eigenvalue weighted by atomic mass is 10.1. The van der Waals surface area contributed by atoms with Crippen molar-refractivity contribution in [1.82, 2.24) is 9.80 Å². The summed E-state index contributed by atoms with van der Waals surface area (Å²) in [5.41, 5.74) is 1.13. The quantitative estimate of drug-likeness (QED) is 0.686. The third kappa shape index (κ3) is 6.32. The summed E-state index contributed by atoms with van der Waals surface area (Å²) in [6, 6.07) is 10.0. The van der Waals surface area contributed by atoms with Crippen LogP contribution >= 0.6 is 0 Å². The number of esters is 1. The average molecular weight is 332 g/mol. The summed E-state index contributed by atoms with van der Waals surface area (Å²) in [5.74, 6) is -0.0459. The second kappa shape index (κ2) is 10.1. The molecule has 0 atom stereocenters. The summed E-state index contributed by atoms with van der Waals surface area (Å²) < 4.78 is 5.06. The summed E-state index contributed by atoms with van der Waals surface area (Å²) in [6.07, 6.45) is 3.86. The Morgan fingerprint density at radius 1 is 1.12 bits per heavy atom. The second-order valence-corrected chi connectivity index (χ2v) is 6.19. The lowest BCUT2D eigenvalue weighted by Crippen LogP contribution is -2.39. The molecule has 1 amide bonds. The van der Waals surface area contributed by atoms with E-state index in [2.05, 4.69) is 0 Å². The van der Waals surface area contributed by atoms with Crippen molar-refractivity contribution in [3.63, 3.8) is 0 Å². The molecule has 1 aliphatic rings. The van der Waals surface area contributed by atoms with Gasteiger partial charge in [0.25, 0.3) is 0 Å². The van der Waals surface area contributed by atoms with Crippen LogP contribution < -0.4 is 0 Å². The van der Waals surface area contributed by atoms with Crippen LogP contribution in [0.4, 0.5) is 0 Å². The van der Waals surface area contributed by atoms with Crippen LogP contribution in [0.1, 0.15) is 38.2 Å².